The van der Waals surface area contributed by atoms with Crippen LogP contribution in [0.2, 0.25) is 0 Å². The molecule has 1 unspecified atom stereocenters. The average Bonchev–Trinajstić information content (AvgIpc) is 3.06. The number of nitrogens with one attached hydrogen (secondary N) is 2. The summed E-state index contributed by atoms with van der Waals surface area (Å²) >= 11 is 0. The summed E-state index contributed by atoms with van der Waals surface area (Å²) in [7, 11) is -3.75. The zero-order chi connectivity index (χ0) is 23.6. The number of sulfonamides is 1. The summed E-state index contributed by atoms with van der Waals surface area (Å²) < 4.78 is 57.5. The summed E-state index contributed by atoms with van der Waals surface area (Å²) in [5.41, 5.74) is 2.37. The lowest BCUT2D eigenvalue weighted by molar-refractivity contribution is -0.0502. The molecule has 2 aromatic heterocycles. The van der Waals surface area contributed by atoms with Gasteiger partial charge in [0.05, 0.1) is 11.0 Å². The standard InChI is InChI=1S/C23H29F2N5O2S/c1-16-12-22(26-14-18-6-5-9-23(24,25)13-18)27-15-21(16)33(31,32)28-10-11-30-17(2)29-19-7-3-4-8-20(19)30/h3-4,7-8,12,15,18,28H,5-6,9-11,13-14H2,1-2H3,(H,26,27). The van der Waals surface area contributed by atoms with Gasteiger partial charge < -0.3 is 9.88 Å². The number of para-hydroxylation sites is 2. The van der Waals surface area contributed by atoms with Gasteiger partial charge in [-0.25, -0.2) is 31.9 Å². The number of aryl methyl sites for hydroxylation is 2. The summed E-state index contributed by atoms with van der Waals surface area (Å²) in [6, 6.07) is 9.36. The molecule has 1 fully saturated rings. The summed E-state index contributed by atoms with van der Waals surface area (Å²) in [5.74, 6) is -1.41. The largest absolute Gasteiger partial charge is 0.370 e. The predicted octanol–water partition coefficient (Wildman–Crippen LogP) is 4.26. The van der Waals surface area contributed by atoms with Crippen LogP contribution in [0, 0.1) is 19.8 Å². The summed E-state index contributed by atoms with van der Waals surface area (Å²) in [6.45, 7) is 4.64. The highest BCUT2D eigenvalue weighted by molar-refractivity contribution is 7.89. The van der Waals surface area contributed by atoms with Gasteiger partial charge in [0.15, 0.2) is 0 Å². The van der Waals surface area contributed by atoms with E-state index in [1.165, 1.54) is 6.20 Å². The highest BCUT2D eigenvalue weighted by atomic mass is 32.2. The first-order valence-corrected chi connectivity index (χ1v) is 12.6. The molecule has 1 aromatic carbocycles. The Morgan fingerprint density at radius 1 is 1.24 bits per heavy atom. The number of hydrogen-bond acceptors (Lipinski definition) is 5. The van der Waals surface area contributed by atoms with E-state index in [9.17, 15) is 17.2 Å². The second kappa shape index (κ2) is 9.34. The molecule has 0 saturated heterocycles. The van der Waals surface area contributed by atoms with Gasteiger partial charge in [-0.15, -0.1) is 0 Å². The molecular formula is C23H29F2N5O2S. The van der Waals surface area contributed by atoms with Crippen molar-refractivity contribution in [1.82, 2.24) is 19.3 Å². The van der Waals surface area contributed by atoms with E-state index in [4.69, 9.17) is 0 Å². The lowest BCUT2D eigenvalue weighted by atomic mass is 9.86. The number of imidazole rings is 1. The fourth-order valence-corrected chi connectivity index (χ4v) is 5.66. The van der Waals surface area contributed by atoms with Crippen LogP contribution in [0.1, 0.15) is 37.1 Å². The van der Waals surface area contributed by atoms with Crippen molar-refractivity contribution in [2.75, 3.05) is 18.4 Å². The molecule has 2 heterocycles. The van der Waals surface area contributed by atoms with Gasteiger partial charge in [-0.1, -0.05) is 12.1 Å². The Morgan fingerprint density at radius 3 is 2.79 bits per heavy atom. The van der Waals surface area contributed by atoms with Crippen molar-refractivity contribution in [3.63, 3.8) is 0 Å². The van der Waals surface area contributed by atoms with Crippen LogP contribution in [0.15, 0.2) is 41.4 Å². The molecule has 3 aromatic rings. The number of fused-ring (bicyclic) bond motifs is 1. The number of hydrogen-bond donors (Lipinski definition) is 2. The van der Waals surface area contributed by atoms with Gasteiger partial charge in [-0.05, 0) is 56.4 Å². The van der Waals surface area contributed by atoms with Crippen LogP contribution in [0.25, 0.3) is 11.0 Å². The quantitative estimate of drug-likeness (QED) is 0.506. The van der Waals surface area contributed by atoms with Crippen LogP contribution in [0.5, 0.6) is 0 Å². The minimum atomic E-state index is -3.75. The average molecular weight is 478 g/mol. The highest BCUT2D eigenvalue weighted by Crippen LogP contribution is 2.36. The van der Waals surface area contributed by atoms with Crippen LogP contribution >= 0.6 is 0 Å². The fraction of sp³-hybridized carbons (Fsp3) is 0.478. The lowest BCUT2D eigenvalue weighted by Gasteiger charge is -2.29. The van der Waals surface area contributed by atoms with Gasteiger partial charge in [0, 0.05) is 38.7 Å². The zero-order valence-electron chi connectivity index (χ0n) is 18.8. The second-order valence-electron chi connectivity index (χ2n) is 8.73. The molecule has 178 valence electrons. The van der Waals surface area contributed by atoms with Gasteiger partial charge in [0.2, 0.25) is 15.9 Å². The van der Waals surface area contributed by atoms with Gasteiger partial charge in [0.25, 0.3) is 0 Å². The number of pyridine rings is 1. The number of halogens is 2. The molecule has 7 nitrogen and oxygen atoms in total. The Bertz CT molecular complexity index is 1240. The normalized spacial score (nSPS) is 18.5. The van der Waals surface area contributed by atoms with Gasteiger partial charge in [-0.3, -0.25) is 0 Å². The van der Waals surface area contributed by atoms with Crippen LogP contribution in [-0.4, -0.2) is 42.0 Å². The van der Waals surface area contributed by atoms with E-state index in [2.05, 4.69) is 20.0 Å². The zero-order valence-corrected chi connectivity index (χ0v) is 19.6. The minimum Gasteiger partial charge on any atom is -0.370 e. The van der Waals surface area contributed by atoms with E-state index in [1.54, 1.807) is 13.0 Å². The number of anilines is 1. The van der Waals surface area contributed by atoms with E-state index in [1.807, 2.05) is 35.8 Å². The van der Waals surface area contributed by atoms with E-state index in [-0.39, 0.29) is 30.2 Å². The van der Waals surface area contributed by atoms with E-state index in [0.29, 0.717) is 30.9 Å². The topological polar surface area (TPSA) is 88.9 Å². The first-order chi connectivity index (χ1) is 15.6. The van der Waals surface area contributed by atoms with Crippen molar-refractivity contribution in [3.8, 4) is 0 Å². The molecule has 0 amide bonds. The van der Waals surface area contributed by atoms with E-state index < -0.39 is 15.9 Å². The predicted molar refractivity (Wildman–Crippen MR) is 124 cm³/mol. The molecular weight excluding hydrogens is 448 g/mol. The maximum atomic E-state index is 13.6. The molecule has 2 N–H and O–H groups in total. The molecule has 1 atom stereocenters. The van der Waals surface area contributed by atoms with E-state index >= 15 is 0 Å². The van der Waals surface area contributed by atoms with Crippen LogP contribution in [-0.2, 0) is 16.6 Å². The first kappa shape index (κ1) is 23.6. The van der Waals surface area contributed by atoms with Crippen LogP contribution in [0.4, 0.5) is 14.6 Å². The SMILES string of the molecule is Cc1cc(NCC2CCCC(F)(F)C2)ncc1S(=O)(=O)NCCn1c(C)nc2ccccc21. The number of alkyl halides is 2. The molecule has 0 bridgehead atoms. The smallest absolute Gasteiger partial charge is 0.248 e. The summed E-state index contributed by atoms with van der Waals surface area (Å²) in [6.07, 6.45) is 2.41. The van der Waals surface area contributed by atoms with Crippen molar-refractivity contribution in [2.24, 2.45) is 5.92 Å². The van der Waals surface area contributed by atoms with Crippen molar-refractivity contribution in [3.05, 3.63) is 47.9 Å². The van der Waals surface area contributed by atoms with Crippen molar-refractivity contribution in [1.29, 1.82) is 0 Å². The third-order valence-electron chi connectivity index (χ3n) is 6.14. The third kappa shape index (κ3) is 5.50. The summed E-state index contributed by atoms with van der Waals surface area (Å²) in [5, 5.41) is 3.09. The molecule has 4 rings (SSSR count). The highest BCUT2D eigenvalue weighted by Gasteiger charge is 2.36. The minimum absolute atomic E-state index is 0.0446. The Morgan fingerprint density at radius 2 is 2.03 bits per heavy atom. The molecule has 33 heavy (non-hydrogen) atoms. The molecule has 1 saturated carbocycles. The van der Waals surface area contributed by atoms with Gasteiger partial charge in [-0.2, -0.15) is 0 Å². The monoisotopic (exact) mass is 477 g/mol. The molecule has 0 aliphatic heterocycles. The molecule has 0 radical (unpaired) electrons. The Labute approximate surface area is 192 Å². The maximum absolute atomic E-state index is 13.6. The number of nitrogens with zero attached hydrogens (tertiary/aromatic N) is 3. The number of benzene rings is 1. The van der Waals surface area contributed by atoms with Crippen LogP contribution < -0.4 is 10.0 Å². The molecule has 1 aliphatic rings. The number of rotatable bonds is 8. The second-order valence-corrected chi connectivity index (χ2v) is 10.5. The maximum Gasteiger partial charge on any atom is 0.248 e. The third-order valence-corrected chi connectivity index (χ3v) is 7.73. The summed E-state index contributed by atoms with van der Waals surface area (Å²) in [4.78, 5) is 8.80. The van der Waals surface area contributed by atoms with Crippen molar-refractivity contribution < 1.29 is 17.2 Å². The number of aromatic nitrogens is 3. The fourth-order valence-electron chi connectivity index (χ4n) is 4.47. The Kier molecular flexibility index (Phi) is 6.67. The Hall–Kier alpha value is -2.59. The Balaban J connectivity index is 1.37. The first-order valence-electron chi connectivity index (χ1n) is 11.1. The van der Waals surface area contributed by atoms with Gasteiger partial charge in [0.1, 0.15) is 16.5 Å². The molecule has 1 aliphatic carbocycles. The van der Waals surface area contributed by atoms with Crippen molar-refractivity contribution >= 4 is 26.9 Å². The van der Waals surface area contributed by atoms with Crippen molar-refractivity contribution in [2.45, 2.75) is 56.9 Å². The molecule has 0 spiro atoms. The van der Waals surface area contributed by atoms with Crippen LogP contribution in [0.3, 0.4) is 0 Å². The van der Waals surface area contributed by atoms with Gasteiger partial charge >= 0.3 is 0 Å². The van der Waals surface area contributed by atoms with E-state index in [0.717, 1.165) is 23.3 Å². The lowest BCUT2D eigenvalue weighted by Crippen LogP contribution is -2.30. The molecule has 10 heteroatoms.